The molecular formula is C16H16N2O3. The first-order valence-electron chi connectivity index (χ1n) is 6.50. The predicted octanol–water partition coefficient (Wildman–Crippen LogP) is 1.80. The van der Waals surface area contributed by atoms with E-state index in [-0.39, 0.29) is 6.54 Å². The van der Waals surface area contributed by atoms with Gasteiger partial charge in [-0.15, -0.1) is 0 Å². The van der Waals surface area contributed by atoms with Gasteiger partial charge in [-0.3, -0.25) is 14.6 Å². The summed E-state index contributed by atoms with van der Waals surface area (Å²) < 4.78 is 4.64. The fourth-order valence-corrected chi connectivity index (χ4v) is 2.11. The van der Waals surface area contributed by atoms with Crippen LogP contribution >= 0.6 is 0 Å². The maximum atomic E-state index is 11.5. The molecule has 0 N–H and O–H groups in total. The van der Waals surface area contributed by atoms with Gasteiger partial charge < -0.3 is 9.64 Å². The van der Waals surface area contributed by atoms with Crippen LogP contribution in [-0.2, 0) is 14.3 Å². The number of carbonyl (C=O) groups is 2. The van der Waals surface area contributed by atoms with Gasteiger partial charge >= 0.3 is 5.97 Å². The van der Waals surface area contributed by atoms with Crippen molar-refractivity contribution >= 4 is 12.4 Å². The summed E-state index contributed by atoms with van der Waals surface area (Å²) in [6.07, 6.45) is 2.30. The van der Waals surface area contributed by atoms with Crippen molar-refractivity contribution in [2.24, 2.45) is 0 Å². The van der Waals surface area contributed by atoms with Gasteiger partial charge in [-0.1, -0.05) is 36.4 Å². The van der Waals surface area contributed by atoms with Crippen molar-refractivity contribution < 1.29 is 14.3 Å². The quantitative estimate of drug-likeness (QED) is 0.599. The summed E-state index contributed by atoms with van der Waals surface area (Å²) in [4.78, 5) is 28.6. The van der Waals surface area contributed by atoms with Crippen LogP contribution in [0, 0.1) is 0 Å². The average molecular weight is 284 g/mol. The van der Waals surface area contributed by atoms with Crippen LogP contribution in [0.2, 0.25) is 0 Å². The van der Waals surface area contributed by atoms with E-state index in [2.05, 4.69) is 9.72 Å². The number of esters is 1. The van der Waals surface area contributed by atoms with E-state index in [1.165, 1.54) is 12.0 Å². The Kier molecular flexibility index (Phi) is 5.04. The van der Waals surface area contributed by atoms with Crippen molar-refractivity contribution in [2.75, 3.05) is 13.7 Å². The predicted molar refractivity (Wildman–Crippen MR) is 77.3 cm³/mol. The highest BCUT2D eigenvalue weighted by Gasteiger charge is 2.24. The Morgan fingerprint density at radius 1 is 1.24 bits per heavy atom. The lowest BCUT2D eigenvalue weighted by Crippen LogP contribution is -2.34. The number of hydrogen-bond acceptors (Lipinski definition) is 4. The molecule has 2 aromatic rings. The Balaban J connectivity index is 2.40. The van der Waals surface area contributed by atoms with E-state index in [0.717, 1.165) is 5.56 Å². The first-order valence-corrected chi connectivity index (χ1v) is 6.50. The van der Waals surface area contributed by atoms with Crippen LogP contribution in [0.15, 0.2) is 54.7 Å². The molecule has 5 nitrogen and oxygen atoms in total. The Labute approximate surface area is 123 Å². The molecule has 0 radical (unpaired) electrons. The summed E-state index contributed by atoms with van der Waals surface area (Å²) in [5.74, 6) is -0.473. The normalized spacial score (nSPS) is 11.5. The number of ether oxygens (including phenoxy) is 1. The molecule has 1 aromatic carbocycles. The SMILES string of the molecule is COC(=O)CN(C=O)C(c1ccccc1)c1ccccn1. The van der Waals surface area contributed by atoms with E-state index in [9.17, 15) is 9.59 Å². The summed E-state index contributed by atoms with van der Waals surface area (Å²) in [6.45, 7) is -0.129. The van der Waals surface area contributed by atoms with Gasteiger partial charge in [-0.25, -0.2) is 0 Å². The van der Waals surface area contributed by atoms with Crippen molar-refractivity contribution in [1.82, 2.24) is 9.88 Å². The zero-order chi connectivity index (χ0) is 15.1. The maximum absolute atomic E-state index is 11.5. The monoisotopic (exact) mass is 284 g/mol. The highest BCUT2D eigenvalue weighted by molar-refractivity contribution is 5.74. The molecule has 0 aliphatic rings. The minimum absolute atomic E-state index is 0.129. The Morgan fingerprint density at radius 3 is 2.52 bits per heavy atom. The second-order valence-corrected chi connectivity index (χ2v) is 4.42. The zero-order valence-electron chi connectivity index (χ0n) is 11.7. The molecule has 0 saturated heterocycles. The van der Waals surface area contributed by atoms with Gasteiger partial charge in [0.15, 0.2) is 0 Å². The number of methoxy groups -OCH3 is 1. The van der Waals surface area contributed by atoms with E-state index >= 15 is 0 Å². The van der Waals surface area contributed by atoms with Crippen LogP contribution in [0.25, 0.3) is 0 Å². The third-order valence-electron chi connectivity index (χ3n) is 3.09. The molecule has 1 heterocycles. The smallest absolute Gasteiger partial charge is 0.325 e. The number of nitrogens with zero attached hydrogens (tertiary/aromatic N) is 2. The van der Waals surface area contributed by atoms with Crippen LogP contribution in [0.5, 0.6) is 0 Å². The number of amides is 1. The summed E-state index contributed by atoms with van der Waals surface area (Å²) in [7, 11) is 1.30. The number of aromatic nitrogens is 1. The highest BCUT2D eigenvalue weighted by Crippen LogP contribution is 2.25. The number of hydrogen-bond donors (Lipinski definition) is 0. The molecule has 1 unspecified atom stereocenters. The summed E-state index contributed by atoms with van der Waals surface area (Å²) in [5.41, 5.74) is 1.58. The Hall–Kier alpha value is -2.69. The average Bonchev–Trinajstić information content (AvgIpc) is 2.56. The fraction of sp³-hybridized carbons (Fsp3) is 0.188. The van der Waals surface area contributed by atoms with Crippen molar-refractivity contribution in [3.63, 3.8) is 0 Å². The van der Waals surface area contributed by atoms with E-state index < -0.39 is 12.0 Å². The van der Waals surface area contributed by atoms with Crippen LogP contribution in [-0.4, -0.2) is 35.9 Å². The van der Waals surface area contributed by atoms with Crippen molar-refractivity contribution in [1.29, 1.82) is 0 Å². The van der Waals surface area contributed by atoms with Gasteiger partial charge in [0.2, 0.25) is 6.41 Å². The molecule has 0 spiro atoms. The van der Waals surface area contributed by atoms with Gasteiger partial charge in [0.1, 0.15) is 6.54 Å². The third-order valence-corrected chi connectivity index (χ3v) is 3.09. The summed E-state index contributed by atoms with van der Waals surface area (Å²) >= 11 is 0. The summed E-state index contributed by atoms with van der Waals surface area (Å²) in [5, 5.41) is 0. The first kappa shape index (κ1) is 14.7. The van der Waals surface area contributed by atoms with Gasteiger partial charge in [0, 0.05) is 6.20 Å². The lowest BCUT2D eigenvalue weighted by atomic mass is 10.0. The number of pyridine rings is 1. The van der Waals surface area contributed by atoms with E-state index in [1.54, 1.807) is 12.3 Å². The topological polar surface area (TPSA) is 59.5 Å². The van der Waals surface area contributed by atoms with E-state index in [0.29, 0.717) is 12.1 Å². The van der Waals surface area contributed by atoms with Gasteiger partial charge in [-0.05, 0) is 17.7 Å². The van der Waals surface area contributed by atoms with Crippen LogP contribution in [0.1, 0.15) is 17.3 Å². The molecular weight excluding hydrogens is 268 g/mol. The molecule has 0 aliphatic heterocycles. The molecule has 5 heteroatoms. The molecule has 0 aliphatic carbocycles. The van der Waals surface area contributed by atoms with Crippen LogP contribution < -0.4 is 0 Å². The molecule has 0 fully saturated rings. The second-order valence-electron chi connectivity index (χ2n) is 4.42. The van der Waals surface area contributed by atoms with Crippen molar-refractivity contribution in [3.05, 3.63) is 66.0 Å². The number of benzene rings is 1. The van der Waals surface area contributed by atoms with E-state index in [4.69, 9.17) is 0 Å². The molecule has 1 atom stereocenters. The van der Waals surface area contributed by atoms with Crippen molar-refractivity contribution in [3.8, 4) is 0 Å². The lowest BCUT2D eigenvalue weighted by Gasteiger charge is -2.27. The number of rotatable bonds is 6. The minimum Gasteiger partial charge on any atom is -0.468 e. The standard InChI is InChI=1S/C16H16N2O3/c1-21-15(20)11-18(12-19)16(13-7-3-2-4-8-13)14-9-5-6-10-17-14/h2-10,12,16H,11H2,1H3. The second kappa shape index (κ2) is 7.19. The van der Waals surface area contributed by atoms with Crippen molar-refractivity contribution in [2.45, 2.75) is 6.04 Å². The molecule has 21 heavy (non-hydrogen) atoms. The molecule has 0 saturated carbocycles. The van der Waals surface area contributed by atoms with Gasteiger partial charge in [0.25, 0.3) is 0 Å². The largest absolute Gasteiger partial charge is 0.468 e. The Morgan fingerprint density at radius 2 is 1.95 bits per heavy atom. The molecule has 0 bridgehead atoms. The first-order chi connectivity index (χ1) is 10.3. The third kappa shape index (κ3) is 3.66. The fourth-order valence-electron chi connectivity index (χ4n) is 2.11. The van der Waals surface area contributed by atoms with E-state index in [1.807, 2.05) is 42.5 Å². The van der Waals surface area contributed by atoms with Crippen LogP contribution in [0.4, 0.5) is 0 Å². The maximum Gasteiger partial charge on any atom is 0.325 e. The highest BCUT2D eigenvalue weighted by atomic mass is 16.5. The Bertz CT molecular complexity index is 547. The molecule has 2 rings (SSSR count). The molecule has 1 amide bonds. The van der Waals surface area contributed by atoms with Crippen LogP contribution in [0.3, 0.4) is 0 Å². The minimum atomic E-state index is -0.473. The summed E-state index contributed by atoms with van der Waals surface area (Å²) in [6, 6.07) is 14.5. The molecule has 1 aromatic heterocycles. The van der Waals surface area contributed by atoms with Gasteiger partial charge in [-0.2, -0.15) is 0 Å². The zero-order valence-corrected chi connectivity index (χ0v) is 11.7. The van der Waals surface area contributed by atoms with Gasteiger partial charge in [0.05, 0.1) is 18.8 Å². The number of carbonyl (C=O) groups excluding carboxylic acids is 2. The molecule has 108 valence electrons. The lowest BCUT2D eigenvalue weighted by molar-refractivity contribution is -0.144.